The van der Waals surface area contributed by atoms with E-state index in [4.69, 9.17) is 9.84 Å². The number of nitrogens with one attached hydrogen (secondary N) is 1. The SMILES string of the molecule is COCCCN(C)C(=O)Nc1ccc(C)cc1C(=O)O. The van der Waals surface area contributed by atoms with E-state index in [9.17, 15) is 9.59 Å². The normalized spacial score (nSPS) is 10.2. The highest BCUT2D eigenvalue weighted by atomic mass is 16.5. The molecule has 20 heavy (non-hydrogen) atoms. The number of nitrogens with zero attached hydrogens (tertiary/aromatic N) is 1. The third kappa shape index (κ3) is 4.55. The third-order valence-electron chi connectivity index (χ3n) is 2.84. The first kappa shape index (κ1) is 16.0. The number of carbonyl (C=O) groups excluding carboxylic acids is 1. The Morgan fingerprint density at radius 3 is 2.70 bits per heavy atom. The van der Waals surface area contributed by atoms with Crippen LogP contribution >= 0.6 is 0 Å². The molecule has 6 heteroatoms. The van der Waals surface area contributed by atoms with Crippen LogP contribution in [0.3, 0.4) is 0 Å². The zero-order valence-electron chi connectivity index (χ0n) is 12.0. The van der Waals surface area contributed by atoms with Crippen molar-refractivity contribution < 1.29 is 19.4 Å². The minimum absolute atomic E-state index is 0.0867. The lowest BCUT2D eigenvalue weighted by Gasteiger charge is -2.18. The number of ether oxygens (including phenoxy) is 1. The van der Waals surface area contributed by atoms with Crippen LogP contribution in [0.1, 0.15) is 22.3 Å². The predicted molar refractivity (Wildman–Crippen MR) is 76.3 cm³/mol. The van der Waals surface area contributed by atoms with Crippen LogP contribution in [-0.4, -0.2) is 49.3 Å². The molecule has 6 nitrogen and oxygen atoms in total. The number of carboxylic acids is 1. The molecule has 1 aromatic carbocycles. The lowest BCUT2D eigenvalue weighted by molar-refractivity contribution is 0.0698. The number of amides is 2. The average molecular weight is 280 g/mol. The molecule has 0 spiro atoms. The van der Waals surface area contributed by atoms with Crippen LogP contribution in [0.5, 0.6) is 0 Å². The lowest BCUT2D eigenvalue weighted by Crippen LogP contribution is -2.33. The maximum atomic E-state index is 11.9. The second-order valence-corrected chi connectivity index (χ2v) is 4.55. The molecule has 0 unspecified atom stereocenters. The van der Waals surface area contributed by atoms with E-state index in [0.29, 0.717) is 18.8 Å². The van der Waals surface area contributed by atoms with Crippen LogP contribution in [0.2, 0.25) is 0 Å². The van der Waals surface area contributed by atoms with Crippen molar-refractivity contribution in [3.8, 4) is 0 Å². The van der Waals surface area contributed by atoms with E-state index in [-0.39, 0.29) is 11.6 Å². The second-order valence-electron chi connectivity index (χ2n) is 4.55. The van der Waals surface area contributed by atoms with E-state index in [0.717, 1.165) is 12.0 Å². The Balaban J connectivity index is 2.72. The first-order valence-electron chi connectivity index (χ1n) is 6.30. The lowest BCUT2D eigenvalue weighted by atomic mass is 10.1. The molecule has 2 N–H and O–H groups in total. The molecule has 0 radical (unpaired) electrons. The summed E-state index contributed by atoms with van der Waals surface area (Å²) in [6, 6.07) is 4.54. The molecule has 2 amide bonds. The number of rotatable bonds is 6. The number of methoxy groups -OCH3 is 1. The number of hydrogen-bond donors (Lipinski definition) is 2. The van der Waals surface area contributed by atoms with Crippen molar-refractivity contribution in [1.82, 2.24) is 4.90 Å². The number of hydrogen-bond acceptors (Lipinski definition) is 3. The number of aromatic carboxylic acids is 1. The highest BCUT2D eigenvalue weighted by Crippen LogP contribution is 2.17. The molecule has 1 rings (SSSR count). The maximum absolute atomic E-state index is 11.9. The van der Waals surface area contributed by atoms with E-state index in [1.807, 2.05) is 0 Å². The van der Waals surface area contributed by atoms with Gasteiger partial charge in [0.15, 0.2) is 0 Å². The van der Waals surface area contributed by atoms with Crippen molar-refractivity contribution in [3.05, 3.63) is 29.3 Å². The summed E-state index contributed by atoms with van der Waals surface area (Å²) >= 11 is 0. The fourth-order valence-electron chi connectivity index (χ4n) is 1.70. The number of anilines is 1. The van der Waals surface area contributed by atoms with Gasteiger partial charge in [0.25, 0.3) is 0 Å². The number of carboxylic acid groups (broad SMARTS) is 1. The topological polar surface area (TPSA) is 78.9 Å². The Hall–Kier alpha value is -2.08. The monoisotopic (exact) mass is 280 g/mol. The van der Waals surface area contributed by atoms with Gasteiger partial charge in [-0.1, -0.05) is 11.6 Å². The van der Waals surface area contributed by atoms with Gasteiger partial charge < -0.3 is 20.1 Å². The fraction of sp³-hybridized carbons (Fsp3) is 0.429. The number of benzene rings is 1. The van der Waals surface area contributed by atoms with Gasteiger partial charge in [-0.2, -0.15) is 0 Å². The summed E-state index contributed by atoms with van der Waals surface area (Å²) < 4.78 is 4.92. The predicted octanol–water partition coefficient (Wildman–Crippen LogP) is 2.19. The van der Waals surface area contributed by atoms with Crippen molar-refractivity contribution >= 4 is 17.7 Å². The van der Waals surface area contributed by atoms with Gasteiger partial charge in [0.05, 0.1) is 11.3 Å². The van der Waals surface area contributed by atoms with Crippen LogP contribution in [0.4, 0.5) is 10.5 Å². The van der Waals surface area contributed by atoms with E-state index >= 15 is 0 Å². The Morgan fingerprint density at radius 1 is 1.40 bits per heavy atom. The first-order chi connectivity index (χ1) is 9.45. The van der Waals surface area contributed by atoms with Crippen LogP contribution in [0, 0.1) is 6.92 Å². The molecule has 0 aromatic heterocycles. The zero-order chi connectivity index (χ0) is 15.1. The Kier molecular flexibility index (Phi) is 5.99. The molecular formula is C14H20N2O4. The maximum Gasteiger partial charge on any atom is 0.337 e. The van der Waals surface area contributed by atoms with Gasteiger partial charge in [-0.25, -0.2) is 9.59 Å². The Morgan fingerprint density at radius 2 is 2.10 bits per heavy atom. The van der Waals surface area contributed by atoms with Crippen LogP contribution < -0.4 is 5.32 Å². The summed E-state index contributed by atoms with van der Waals surface area (Å²) in [6.45, 7) is 2.91. The number of carbonyl (C=O) groups is 2. The number of aryl methyl sites for hydroxylation is 1. The molecule has 0 aliphatic carbocycles. The van der Waals surface area contributed by atoms with Gasteiger partial charge in [-0.3, -0.25) is 0 Å². The Bertz CT molecular complexity index is 488. The van der Waals surface area contributed by atoms with Crippen LogP contribution in [0.15, 0.2) is 18.2 Å². The van der Waals surface area contributed by atoms with Crippen LogP contribution in [-0.2, 0) is 4.74 Å². The molecule has 110 valence electrons. The number of urea groups is 1. The van der Waals surface area contributed by atoms with Gasteiger partial charge >= 0.3 is 12.0 Å². The van der Waals surface area contributed by atoms with Gasteiger partial charge in [0.2, 0.25) is 0 Å². The molecule has 0 saturated heterocycles. The molecule has 0 saturated carbocycles. The summed E-state index contributed by atoms with van der Waals surface area (Å²) in [5, 5.41) is 11.7. The zero-order valence-corrected chi connectivity index (χ0v) is 12.0. The van der Waals surface area contributed by atoms with Crippen molar-refractivity contribution in [3.63, 3.8) is 0 Å². The highest BCUT2D eigenvalue weighted by molar-refractivity contribution is 6.00. The van der Waals surface area contributed by atoms with E-state index in [1.54, 1.807) is 33.2 Å². The Labute approximate surface area is 118 Å². The minimum atomic E-state index is -1.06. The van der Waals surface area contributed by atoms with E-state index in [2.05, 4.69) is 5.32 Å². The summed E-state index contributed by atoms with van der Waals surface area (Å²) in [7, 11) is 3.26. The first-order valence-corrected chi connectivity index (χ1v) is 6.30. The van der Waals surface area contributed by atoms with Gasteiger partial charge in [0, 0.05) is 27.3 Å². The summed E-state index contributed by atoms with van der Waals surface area (Å²) in [5.74, 6) is -1.06. The largest absolute Gasteiger partial charge is 0.478 e. The van der Waals surface area contributed by atoms with Crippen LogP contribution in [0.25, 0.3) is 0 Å². The summed E-state index contributed by atoms with van der Waals surface area (Å²) in [5.41, 5.74) is 1.21. The molecule has 1 aromatic rings. The van der Waals surface area contributed by atoms with Gasteiger partial charge in [0.1, 0.15) is 0 Å². The molecule has 0 aliphatic rings. The van der Waals surface area contributed by atoms with E-state index < -0.39 is 5.97 Å². The quantitative estimate of drug-likeness (QED) is 0.783. The van der Waals surface area contributed by atoms with Crippen molar-refractivity contribution in [2.45, 2.75) is 13.3 Å². The smallest absolute Gasteiger partial charge is 0.337 e. The standard InChI is InChI=1S/C14H20N2O4/c1-10-5-6-12(11(9-10)13(17)18)15-14(19)16(2)7-4-8-20-3/h5-6,9H,4,7-8H2,1-3H3,(H,15,19)(H,17,18). The molecule has 0 atom stereocenters. The van der Waals surface area contributed by atoms with Crippen molar-refractivity contribution in [2.75, 3.05) is 32.6 Å². The molecule has 0 fully saturated rings. The summed E-state index contributed by atoms with van der Waals surface area (Å²) in [6.07, 6.45) is 0.722. The minimum Gasteiger partial charge on any atom is -0.478 e. The highest BCUT2D eigenvalue weighted by Gasteiger charge is 2.14. The van der Waals surface area contributed by atoms with Gasteiger partial charge in [-0.15, -0.1) is 0 Å². The third-order valence-corrected chi connectivity index (χ3v) is 2.84. The van der Waals surface area contributed by atoms with Crippen molar-refractivity contribution in [1.29, 1.82) is 0 Å². The summed E-state index contributed by atoms with van der Waals surface area (Å²) in [4.78, 5) is 24.6. The molecule has 0 heterocycles. The van der Waals surface area contributed by atoms with E-state index in [1.165, 1.54) is 11.0 Å². The fourth-order valence-corrected chi connectivity index (χ4v) is 1.70. The van der Waals surface area contributed by atoms with Gasteiger partial charge in [-0.05, 0) is 25.5 Å². The molecule has 0 aliphatic heterocycles. The molecule has 0 bridgehead atoms. The average Bonchev–Trinajstić information content (AvgIpc) is 2.40. The molecular weight excluding hydrogens is 260 g/mol. The second kappa shape index (κ2) is 7.49. The van der Waals surface area contributed by atoms with Crippen molar-refractivity contribution in [2.24, 2.45) is 0 Å².